The predicted octanol–water partition coefficient (Wildman–Crippen LogP) is 5.19. The summed E-state index contributed by atoms with van der Waals surface area (Å²) < 4.78 is 17.9. The first kappa shape index (κ1) is 23.4. The molecule has 1 spiro atoms. The van der Waals surface area contributed by atoms with Gasteiger partial charge in [-0.3, -0.25) is 9.67 Å². The molecule has 5 aromatic rings. The van der Waals surface area contributed by atoms with Gasteiger partial charge in [0.25, 0.3) is 0 Å². The van der Waals surface area contributed by atoms with Crippen molar-refractivity contribution in [2.45, 2.75) is 57.1 Å². The van der Waals surface area contributed by atoms with Gasteiger partial charge in [0, 0.05) is 43.2 Å². The summed E-state index contributed by atoms with van der Waals surface area (Å²) in [5.41, 5.74) is 2.91. The number of aryl methyl sites for hydroxylation is 1. The van der Waals surface area contributed by atoms with E-state index >= 15 is 0 Å². The minimum absolute atomic E-state index is 0.0494. The van der Waals surface area contributed by atoms with E-state index in [0.717, 1.165) is 42.9 Å². The van der Waals surface area contributed by atoms with E-state index in [1.165, 1.54) is 0 Å². The van der Waals surface area contributed by atoms with Gasteiger partial charge in [-0.05, 0) is 19.3 Å². The summed E-state index contributed by atoms with van der Waals surface area (Å²) in [6.45, 7) is 7.40. The van der Waals surface area contributed by atoms with Crippen LogP contribution < -0.4 is 10.1 Å². The first-order valence-electron chi connectivity index (χ1n) is 12.7. The molecule has 12 heteroatoms. The molecule has 38 heavy (non-hydrogen) atoms. The number of hydrogen-bond acceptors (Lipinski definition) is 8. The number of aromatic nitrogens is 8. The smallest absolute Gasteiger partial charge is 0.210 e. The third kappa shape index (κ3) is 3.64. The van der Waals surface area contributed by atoms with Crippen LogP contribution in [0.2, 0.25) is 5.02 Å². The maximum atomic E-state index is 6.81. The number of nitrogens with zero attached hydrogens (tertiary/aromatic N) is 8. The van der Waals surface area contributed by atoms with Gasteiger partial charge in [0.15, 0.2) is 23.0 Å². The van der Waals surface area contributed by atoms with Gasteiger partial charge in [0.05, 0.1) is 30.2 Å². The van der Waals surface area contributed by atoms with Crippen molar-refractivity contribution >= 4 is 40.0 Å². The van der Waals surface area contributed by atoms with E-state index in [1.54, 1.807) is 35.5 Å². The van der Waals surface area contributed by atoms with Gasteiger partial charge in [0.1, 0.15) is 16.1 Å². The number of pyridine rings is 1. The molecule has 1 aliphatic heterocycles. The zero-order chi connectivity index (χ0) is 26.2. The zero-order valence-corrected chi connectivity index (χ0v) is 22.4. The van der Waals surface area contributed by atoms with E-state index in [9.17, 15) is 0 Å². The molecular weight excluding hydrogens is 506 g/mol. The molecule has 1 saturated heterocycles. The van der Waals surface area contributed by atoms with E-state index in [1.807, 2.05) is 11.6 Å². The van der Waals surface area contributed by atoms with Crippen molar-refractivity contribution in [1.29, 1.82) is 0 Å². The fraction of sp³-hybridized carbons (Fsp3) is 0.423. The Balaban J connectivity index is 1.23. The number of halogens is 1. The van der Waals surface area contributed by atoms with Crippen LogP contribution in [0.5, 0.6) is 11.5 Å². The second kappa shape index (κ2) is 8.15. The average Bonchev–Trinajstić information content (AvgIpc) is 3.20. The molecule has 11 nitrogen and oxygen atoms in total. The Labute approximate surface area is 223 Å². The molecule has 0 aromatic carbocycles. The Morgan fingerprint density at radius 3 is 2.82 bits per heavy atom. The molecule has 0 radical (unpaired) electrons. The molecule has 2 fully saturated rings. The average molecular weight is 534 g/mol. The van der Waals surface area contributed by atoms with E-state index in [4.69, 9.17) is 31.2 Å². The fourth-order valence-corrected chi connectivity index (χ4v) is 5.65. The van der Waals surface area contributed by atoms with Crippen molar-refractivity contribution in [3.8, 4) is 11.5 Å². The molecule has 1 N–H and O–H groups in total. The molecule has 0 amide bonds. The normalized spacial score (nSPS) is 18.6. The standard InChI is InChI=1S/C26H28ClN9O2/c1-25(2,3)19-11-20(33-36(19)18-5-10-37-26(18)6-7-26)31-24-32-23-22(34(24)4)21(27)17(13-29-23)38-16-14-30-35-9-8-28-12-15(16)35/h8-9,11-14,18H,5-7,10H2,1-4H3,(H,29,31,32,33). The molecule has 1 unspecified atom stereocenters. The van der Waals surface area contributed by atoms with Crippen molar-refractivity contribution in [2.75, 3.05) is 11.9 Å². The summed E-state index contributed by atoms with van der Waals surface area (Å²) in [7, 11) is 1.89. The minimum Gasteiger partial charge on any atom is -0.450 e. The molecule has 1 saturated carbocycles. The third-order valence-corrected chi connectivity index (χ3v) is 7.85. The fourth-order valence-electron chi connectivity index (χ4n) is 5.35. The minimum atomic E-state index is -0.0807. The van der Waals surface area contributed by atoms with Crippen LogP contribution in [-0.2, 0) is 17.2 Å². The second-order valence-electron chi connectivity index (χ2n) is 11.1. The molecule has 0 bridgehead atoms. The maximum absolute atomic E-state index is 6.81. The first-order valence-corrected chi connectivity index (χ1v) is 13.1. The van der Waals surface area contributed by atoms with E-state index < -0.39 is 0 Å². The lowest BCUT2D eigenvalue weighted by atomic mass is 9.91. The van der Waals surface area contributed by atoms with Crippen molar-refractivity contribution in [2.24, 2.45) is 7.05 Å². The highest BCUT2D eigenvalue weighted by atomic mass is 35.5. The van der Waals surface area contributed by atoms with Crippen LogP contribution in [0.4, 0.5) is 11.8 Å². The summed E-state index contributed by atoms with van der Waals surface area (Å²) in [4.78, 5) is 13.4. The summed E-state index contributed by atoms with van der Waals surface area (Å²) >= 11 is 6.81. The largest absolute Gasteiger partial charge is 0.450 e. The van der Waals surface area contributed by atoms with Crippen LogP contribution in [0.25, 0.3) is 16.7 Å². The maximum Gasteiger partial charge on any atom is 0.210 e. The van der Waals surface area contributed by atoms with Gasteiger partial charge in [0.2, 0.25) is 5.95 Å². The molecular formula is C26H28ClN9O2. The number of rotatable bonds is 5. The van der Waals surface area contributed by atoms with Crippen molar-refractivity contribution in [3.05, 3.63) is 47.8 Å². The Hall–Kier alpha value is -3.70. The summed E-state index contributed by atoms with van der Waals surface area (Å²) in [6.07, 6.45) is 11.4. The Morgan fingerprint density at radius 1 is 1.18 bits per heavy atom. The Kier molecular flexibility index (Phi) is 5.02. The van der Waals surface area contributed by atoms with E-state index in [2.05, 4.69) is 51.9 Å². The molecule has 5 aromatic heterocycles. The van der Waals surface area contributed by atoms with Crippen LogP contribution in [0.3, 0.4) is 0 Å². The van der Waals surface area contributed by atoms with Gasteiger partial charge in [-0.15, -0.1) is 0 Å². The van der Waals surface area contributed by atoms with E-state index in [0.29, 0.717) is 33.6 Å². The number of imidazole rings is 1. The highest BCUT2D eigenvalue weighted by molar-refractivity contribution is 6.36. The van der Waals surface area contributed by atoms with Gasteiger partial charge in [-0.1, -0.05) is 32.4 Å². The van der Waals surface area contributed by atoms with Gasteiger partial charge in [-0.25, -0.2) is 9.50 Å². The highest BCUT2D eigenvalue weighted by Crippen LogP contribution is 2.54. The van der Waals surface area contributed by atoms with Crippen LogP contribution in [0.1, 0.15) is 51.8 Å². The lowest BCUT2D eigenvalue weighted by Crippen LogP contribution is -2.28. The lowest BCUT2D eigenvalue weighted by molar-refractivity contribution is 0.0668. The number of ether oxygens (including phenoxy) is 2. The number of hydrogen-bond donors (Lipinski definition) is 1. The predicted molar refractivity (Wildman–Crippen MR) is 142 cm³/mol. The monoisotopic (exact) mass is 533 g/mol. The molecule has 7 rings (SSSR count). The second-order valence-corrected chi connectivity index (χ2v) is 11.5. The van der Waals surface area contributed by atoms with E-state index in [-0.39, 0.29) is 17.1 Å². The van der Waals surface area contributed by atoms with Gasteiger partial charge >= 0.3 is 0 Å². The summed E-state index contributed by atoms with van der Waals surface area (Å²) in [6, 6.07) is 2.36. The first-order chi connectivity index (χ1) is 18.2. The van der Waals surface area contributed by atoms with Crippen molar-refractivity contribution in [3.63, 3.8) is 0 Å². The topological polar surface area (TPSA) is 109 Å². The molecule has 2 aliphatic rings. The SMILES string of the molecule is Cn1c(Nc2cc(C(C)(C)C)n(C3CCOC34CC4)n2)nc2ncc(Oc3cnn4ccncc34)c(Cl)c21. The zero-order valence-electron chi connectivity index (χ0n) is 21.6. The summed E-state index contributed by atoms with van der Waals surface area (Å²) in [5, 5.41) is 13.1. The van der Waals surface area contributed by atoms with Crippen molar-refractivity contribution in [1.82, 2.24) is 38.9 Å². The number of anilines is 2. The van der Waals surface area contributed by atoms with Crippen LogP contribution >= 0.6 is 11.6 Å². The number of fused-ring (bicyclic) bond motifs is 2. The van der Waals surface area contributed by atoms with Gasteiger partial charge < -0.3 is 19.4 Å². The van der Waals surface area contributed by atoms with Crippen LogP contribution in [0.15, 0.2) is 37.1 Å². The quantitative estimate of drug-likeness (QED) is 0.329. The molecule has 196 valence electrons. The molecule has 6 heterocycles. The Bertz CT molecular complexity index is 1690. The lowest BCUT2D eigenvalue weighted by Gasteiger charge is -2.26. The van der Waals surface area contributed by atoms with Crippen molar-refractivity contribution < 1.29 is 9.47 Å². The molecule has 1 atom stereocenters. The Morgan fingerprint density at radius 2 is 2.03 bits per heavy atom. The van der Waals surface area contributed by atoms with Crippen LogP contribution in [-0.4, -0.2) is 51.1 Å². The van der Waals surface area contributed by atoms with Gasteiger partial charge in [-0.2, -0.15) is 15.2 Å². The highest BCUT2D eigenvalue weighted by Gasteiger charge is 2.56. The molecule has 1 aliphatic carbocycles. The number of nitrogens with one attached hydrogen (secondary N) is 1. The van der Waals surface area contributed by atoms with Crippen LogP contribution in [0, 0.1) is 0 Å². The third-order valence-electron chi connectivity index (χ3n) is 7.48. The summed E-state index contributed by atoms with van der Waals surface area (Å²) in [5.74, 6) is 2.25.